The van der Waals surface area contributed by atoms with E-state index >= 15 is 0 Å². The molecule has 2 aliphatic carbocycles. The van der Waals surface area contributed by atoms with Gasteiger partial charge < -0.3 is 14.5 Å². The number of Topliss-reactive ketones (excluding diaryl/α,β-unsaturated/α-hetero) is 1. The van der Waals surface area contributed by atoms with Crippen molar-refractivity contribution in [3.05, 3.63) is 29.6 Å². The fraction of sp³-hybridized carbons (Fsp3) is 0.583. The molecule has 0 bridgehead atoms. The molecule has 0 radical (unpaired) electrons. The number of ether oxygens (including phenoxy) is 1. The van der Waals surface area contributed by atoms with Gasteiger partial charge >= 0.3 is 6.18 Å². The summed E-state index contributed by atoms with van der Waals surface area (Å²) in [7, 11) is 5.64. The van der Waals surface area contributed by atoms with E-state index in [0.717, 1.165) is 37.1 Å². The first-order valence-corrected chi connectivity index (χ1v) is 11.5. The van der Waals surface area contributed by atoms with Gasteiger partial charge in [0.1, 0.15) is 23.9 Å². The van der Waals surface area contributed by atoms with E-state index < -0.39 is 23.8 Å². The monoisotopic (exact) mass is 477 g/mol. The molecule has 2 aromatic rings. The first-order chi connectivity index (χ1) is 16.1. The van der Waals surface area contributed by atoms with E-state index in [9.17, 15) is 18.0 Å². The summed E-state index contributed by atoms with van der Waals surface area (Å²) in [6, 6.07) is 3.55. The third-order valence-electron chi connectivity index (χ3n) is 6.44. The predicted octanol–water partition coefficient (Wildman–Crippen LogP) is 3.71. The molecule has 2 heterocycles. The molecule has 2 aromatic heterocycles. The minimum atomic E-state index is -4.34. The lowest BCUT2D eigenvalue weighted by atomic mass is 9.98. The lowest BCUT2D eigenvalue weighted by Crippen LogP contribution is -2.33. The van der Waals surface area contributed by atoms with Crippen LogP contribution in [0.1, 0.15) is 36.9 Å². The number of likely N-dealkylation sites (N-methyl/N-ethyl adjacent to an activating group) is 2. The van der Waals surface area contributed by atoms with Crippen LogP contribution in [0, 0.1) is 5.41 Å². The van der Waals surface area contributed by atoms with E-state index in [4.69, 9.17) is 14.7 Å². The van der Waals surface area contributed by atoms with Crippen molar-refractivity contribution in [3.63, 3.8) is 0 Å². The molecule has 0 amide bonds. The van der Waals surface area contributed by atoms with Gasteiger partial charge in [0.2, 0.25) is 0 Å². The summed E-state index contributed by atoms with van der Waals surface area (Å²) in [4.78, 5) is 30.0. The smallest absolute Gasteiger partial charge is 0.394 e. The van der Waals surface area contributed by atoms with E-state index in [1.54, 1.807) is 30.3 Å². The maximum atomic E-state index is 13.3. The van der Waals surface area contributed by atoms with Gasteiger partial charge in [-0.25, -0.2) is 9.97 Å². The average molecular weight is 478 g/mol. The average Bonchev–Trinajstić information content (AvgIpc) is 3.40. The van der Waals surface area contributed by atoms with Crippen LogP contribution in [0.15, 0.2) is 18.3 Å². The second-order valence-electron chi connectivity index (χ2n) is 9.53. The van der Waals surface area contributed by atoms with Crippen molar-refractivity contribution in [2.24, 2.45) is 5.41 Å². The minimum Gasteiger partial charge on any atom is -0.492 e. The SMILES string of the molecule is CN(C)CCOc1ccnc(-c2nc3c(c(N(C)CC(=O)CC4(C(F)(F)F)CC4)n2)CCC3)c1. The second kappa shape index (κ2) is 9.48. The fourth-order valence-electron chi connectivity index (χ4n) is 4.30. The summed E-state index contributed by atoms with van der Waals surface area (Å²) in [6.07, 6.45) is -0.649. The molecular weight excluding hydrogens is 447 g/mol. The molecule has 0 atom stereocenters. The molecule has 184 valence electrons. The first-order valence-electron chi connectivity index (χ1n) is 11.5. The molecule has 0 saturated heterocycles. The highest BCUT2D eigenvalue weighted by atomic mass is 19.4. The third-order valence-corrected chi connectivity index (χ3v) is 6.44. The number of pyridine rings is 1. The molecule has 7 nitrogen and oxygen atoms in total. The maximum Gasteiger partial charge on any atom is 0.394 e. The van der Waals surface area contributed by atoms with Crippen molar-refractivity contribution in [1.82, 2.24) is 19.9 Å². The number of carbonyl (C=O) groups excluding carboxylic acids is 1. The topological polar surface area (TPSA) is 71.5 Å². The van der Waals surface area contributed by atoms with Gasteiger partial charge in [0.05, 0.1) is 12.0 Å². The number of fused-ring (bicyclic) bond motifs is 1. The van der Waals surface area contributed by atoms with Crippen molar-refractivity contribution in [1.29, 1.82) is 0 Å². The molecule has 2 aliphatic rings. The van der Waals surface area contributed by atoms with Gasteiger partial charge in [-0.2, -0.15) is 13.2 Å². The fourth-order valence-corrected chi connectivity index (χ4v) is 4.30. The largest absolute Gasteiger partial charge is 0.492 e. The molecule has 0 spiro atoms. The van der Waals surface area contributed by atoms with E-state index in [0.29, 0.717) is 29.7 Å². The number of rotatable bonds is 10. The Morgan fingerprint density at radius 2 is 1.94 bits per heavy atom. The van der Waals surface area contributed by atoms with Crippen LogP contribution in [-0.2, 0) is 17.6 Å². The van der Waals surface area contributed by atoms with Crippen LogP contribution in [0.2, 0.25) is 0 Å². The van der Waals surface area contributed by atoms with Crippen LogP contribution in [0.3, 0.4) is 0 Å². The molecule has 0 unspecified atom stereocenters. The van der Waals surface area contributed by atoms with Gasteiger partial charge in [-0.1, -0.05) is 0 Å². The highest BCUT2D eigenvalue weighted by Gasteiger charge is 2.63. The minimum absolute atomic E-state index is 0.0254. The highest BCUT2D eigenvalue weighted by Crippen LogP contribution is 2.60. The summed E-state index contributed by atoms with van der Waals surface area (Å²) in [5.74, 6) is 1.23. The summed E-state index contributed by atoms with van der Waals surface area (Å²) in [5.41, 5.74) is 0.566. The molecule has 1 saturated carbocycles. The van der Waals surface area contributed by atoms with E-state index in [1.165, 1.54) is 0 Å². The number of hydrogen-bond acceptors (Lipinski definition) is 7. The quantitative estimate of drug-likeness (QED) is 0.517. The molecule has 4 rings (SSSR count). The Morgan fingerprint density at radius 1 is 1.18 bits per heavy atom. The zero-order valence-corrected chi connectivity index (χ0v) is 19.8. The van der Waals surface area contributed by atoms with Gasteiger partial charge in [0.25, 0.3) is 0 Å². The van der Waals surface area contributed by atoms with Crippen molar-refractivity contribution in [2.45, 2.75) is 44.7 Å². The molecule has 0 aromatic carbocycles. The van der Waals surface area contributed by atoms with Gasteiger partial charge in [-0.15, -0.1) is 0 Å². The summed E-state index contributed by atoms with van der Waals surface area (Å²) >= 11 is 0. The van der Waals surface area contributed by atoms with E-state index in [2.05, 4.69) is 4.98 Å². The van der Waals surface area contributed by atoms with Crippen LogP contribution >= 0.6 is 0 Å². The molecule has 0 aliphatic heterocycles. The highest BCUT2D eigenvalue weighted by molar-refractivity contribution is 5.84. The zero-order chi connectivity index (χ0) is 24.5. The summed E-state index contributed by atoms with van der Waals surface area (Å²) in [6.45, 7) is 1.17. The Labute approximate surface area is 197 Å². The number of anilines is 1. The van der Waals surface area contributed by atoms with Gasteiger partial charge in [0.15, 0.2) is 11.6 Å². The number of alkyl halides is 3. The zero-order valence-electron chi connectivity index (χ0n) is 19.8. The predicted molar refractivity (Wildman–Crippen MR) is 122 cm³/mol. The first kappa shape index (κ1) is 24.4. The number of hydrogen-bond donors (Lipinski definition) is 0. The van der Waals surface area contributed by atoms with Gasteiger partial charge in [-0.05, 0) is 52.3 Å². The van der Waals surface area contributed by atoms with Crippen molar-refractivity contribution >= 4 is 11.6 Å². The molecule has 1 fully saturated rings. The van der Waals surface area contributed by atoms with Crippen LogP contribution in [0.25, 0.3) is 11.5 Å². The van der Waals surface area contributed by atoms with Crippen LogP contribution in [0.5, 0.6) is 5.75 Å². The van der Waals surface area contributed by atoms with Crippen molar-refractivity contribution in [3.8, 4) is 17.3 Å². The lowest BCUT2D eigenvalue weighted by Gasteiger charge is -2.23. The summed E-state index contributed by atoms with van der Waals surface area (Å²) < 4.78 is 45.6. The second-order valence-corrected chi connectivity index (χ2v) is 9.53. The van der Waals surface area contributed by atoms with Crippen LogP contribution in [0.4, 0.5) is 19.0 Å². The van der Waals surface area contributed by atoms with Crippen LogP contribution < -0.4 is 9.64 Å². The Bertz CT molecular complexity index is 1050. The Morgan fingerprint density at radius 3 is 2.62 bits per heavy atom. The standard InChI is InChI=1S/C24H30F3N5O2/c1-31(2)11-12-34-17-7-10-28-20(13-17)21-29-19-6-4-5-18(19)22(30-21)32(3)15-16(33)14-23(8-9-23)24(25,26)27/h7,10,13H,4-6,8-9,11-12,14-15H2,1-3H3. The Kier molecular flexibility index (Phi) is 6.80. The van der Waals surface area contributed by atoms with E-state index in [-0.39, 0.29) is 19.4 Å². The van der Waals surface area contributed by atoms with E-state index in [1.807, 2.05) is 19.0 Å². The van der Waals surface area contributed by atoms with Crippen molar-refractivity contribution in [2.75, 3.05) is 45.7 Å². The molecule has 10 heteroatoms. The normalized spacial score (nSPS) is 16.4. The Hall–Kier alpha value is -2.75. The number of halogens is 3. The number of aromatic nitrogens is 3. The van der Waals surface area contributed by atoms with Gasteiger partial charge in [0, 0.05) is 43.5 Å². The number of carbonyl (C=O) groups is 1. The summed E-state index contributed by atoms with van der Waals surface area (Å²) in [5, 5.41) is 0. The van der Waals surface area contributed by atoms with Gasteiger partial charge in [-0.3, -0.25) is 9.78 Å². The third kappa shape index (κ3) is 5.32. The molecule has 34 heavy (non-hydrogen) atoms. The Balaban J connectivity index is 1.53. The molecular formula is C24H30F3N5O2. The lowest BCUT2D eigenvalue weighted by molar-refractivity contribution is -0.190. The number of ketones is 1. The molecule has 0 N–H and O–H groups in total. The number of aryl methyl sites for hydroxylation is 1. The number of nitrogens with zero attached hydrogens (tertiary/aromatic N) is 5. The van der Waals surface area contributed by atoms with Crippen LogP contribution in [-0.4, -0.2) is 72.7 Å². The van der Waals surface area contributed by atoms with Crippen molar-refractivity contribution < 1.29 is 22.7 Å². The maximum absolute atomic E-state index is 13.3.